The van der Waals surface area contributed by atoms with Crippen molar-refractivity contribution < 1.29 is 77.6 Å². The number of hydrogen-bond donors (Lipinski definition) is 3. The third kappa shape index (κ3) is 9.38. The van der Waals surface area contributed by atoms with E-state index in [9.17, 15) is 39.2 Å². The number of carbonyl (C=O) groups is 1. The van der Waals surface area contributed by atoms with Gasteiger partial charge in [-0.25, -0.2) is 16.8 Å². The average Bonchev–Trinajstić information content (AvgIpc) is 3.10. The van der Waals surface area contributed by atoms with Gasteiger partial charge in [0.05, 0.1) is 35.7 Å². The number of ether oxygens (including phenoxy) is 1. The summed E-state index contributed by atoms with van der Waals surface area (Å²) in [7, 11) is -12.6. The van der Waals surface area contributed by atoms with E-state index in [0.717, 1.165) is 0 Å². The molecule has 1 aliphatic carbocycles. The molecule has 0 fully saturated rings. The number of halogens is 1. The number of aryl methyl sites for hydroxylation is 1. The SMILES string of the molecule is COc1cc(S(=O)(=O)CCOS(=O)(=O)[O-])c(C)cc1Nc1nc(Cl)nc(C2=C/C(=N/Nc3cccc4cccc(S(=O)(=O)O)c34)C(=O)c3ccccc32)n1.[Na+]. The van der Waals surface area contributed by atoms with Crippen LogP contribution in [0.3, 0.4) is 0 Å². The molecule has 0 saturated heterocycles. The van der Waals surface area contributed by atoms with Crippen LogP contribution in [0.2, 0.25) is 5.28 Å². The second-order valence-electron chi connectivity index (χ2n) is 11.4. The van der Waals surface area contributed by atoms with Crippen LogP contribution in [0.25, 0.3) is 16.3 Å². The van der Waals surface area contributed by atoms with Gasteiger partial charge < -0.3 is 14.6 Å². The van der Waals surface area contributed by atoms with E-state index in [1.165, 1.54) is 50.4 Å². The van der Waals surface area contributed by atoms with Gasteiger partial charge in [0.2, 0.25) is 27.4 Å². The Kier molecular flexibility index (Phi) is 12.5. The number of hydrogen-bond acceptors (Lipinski definition) is 16. The third-order valence-corrected chi connectivity index (χ3v) is 11.3. The van der Waals surface area contributed by atoms with Crippen molar-refractivity contribution in [3.8, 4) is 5.75 Å². The minimum Gasteiger partial charge on any atom is -0.726 e. The summed E-state index contributed by atoms with van der Waals surface area (Å²) in [5, 5.41) is 7.62. The number of anilines is 3. The van der Waals surface area contributed by atoms with Crippen LogP contribution in [0.5, 0.6) is 5.75 Å². The van der Waals surface area contributed by atoms with E-state index < -0.39 is 48.5 Å². The maximum atomic E-state index is 13.6. The van der Waals surface area contributed by atoms with E-state index in [4.69, 9.17) is 16.3 Å². The first-order chi connectivity index (χ1) is 25.4. The van der Waals surface area contributed by atoms with Gasteiger partial charge in [0.15, 0.2) is 15.7 Å². The summed E-state index contributed by atoms with van der Waals surface area (Å²) in [5.74, 6) is -1.36. The minimum absolute atomic E-state index is 0. The van der Waals surface area contributed by atoms with E-state index >= 15 is 0 Å². The Morgan fingerprint density at radius 3 is 2.25 bits per heavy atom. The first kappa shape index (κ1) is 41.8. The number of benzene rings is 4. The van der Waals surface area contributed by atoms with E-state index in [2.05, 4.69) is 35.0 Å². The molecule has 0 aliphatic heterocycles. The fraction of sp³-hybridized carbons (Fsp3) is 0.121. The maximum absolute atomic E-state index is 13.6. The van der Waals surface area contributed by atoms with Crippen LogP contribution in [0, 0.1) is 6.92 Å². The maximum Gasteiger partial charge on any atom is 1.00 e. The molecule has 5 aromatic rings. The van der Waals surface area contributed by atoms with Crippen molar-refractivity contribution in [3.05, 3.63) is 107 Å². The molecule has 4 aromatic carbocycles. The van der Waals surface area contributed by atoms with Crippen LogP contribution in [0.15, 0.2) is 93.8 Å². The predicted octanol–water partition coefficient (Wildman–Crippen LogP) is 1.34. The topological polar surface area (TPSA) is 256 Å². The fourth-order valence-electron chi connectivity index (χ4n) is 5.61. The van der Waals surface area contributed by atoms with Crippen molar-refractivity contribution in [3.63, 3.8) is 0 Å². The Labute approximate surface area is 341 Å². The summed E-state index contributed by atoms with van der Waals surface area (Å²) >= 11 is 6.35. The molecule has 0 radical (unpaired) electrons. The van der Waals surface area contributed by atoms with Gasteiger partial charge in [0, 0.05) is 22.6 Å². The molecule has 55 heavy (non-hydrogen) atoms. The molecule has 0 atom stereocenters. The number of nitrogens with zero attached hydrogens (tertiary/aromatic N) is 4. The van der Waals surface area contributed by atoms with Gasteiger partial charge in [-0.05, 0) is 59.3 Å². The van der Waals surface area contributed by atoms with Crippen LogP contribution in [0.4, 0.5) is 17.3 Å². The molecule has 6 rings (SSSR count). The van der Waals surface area contributed by atoms with Crippen molar-refractivity contribution in [2.24, 2.45) is 5.10 Å². The molecule has 0 spiro atoms. The van der Waals surface area contributed by atoms with Gasteiger partial charge in [0.25, 0.3) is 10.1 Å². The molecular formula is C33H26ClN6NaO11S3. The largest absolute Gasteiger partial charge is 1.00 e. The molecule has 0 bridgehead atoms. The predicted molar refractivity (Wildman–Crippen MR) is 196 cm³/mol. The number of allylic oxidation sites excluding steroid dienone is 1. The molecule has 0 amide bonds. The van der Waals surface area contributed by atoms with Gasteiger partial charge in [-0.2, -0.15) is 28.5 Å². The number of aromatic nitrogens is 3. The zero-order valence-electron chi connectivity index (χ0n) is 28.8. The van der Waals surface area contributed by atoms with Crippen LogP contribution in [-0.2, 0) is 34.5 Å². The first-order valence-electron chi connectivity index (χ1n) is 15.3. The zero-order valence-corrected chi connectivity index (χ0v) is 34.0. The van der Waals surface area contributed by atoms with Gasteiger partial charge in [-0.15, -0.1) is 0 Å². The number of hydrazone groups is 1. The van der Waals surface area contributed by atoms with E-state index in [1.54, 1.807) is 42.5 Å². The Hall–Kier alpha value is -4.35. The molecule has 1 heterocycles. The second kappa shape index (κ2) is 16.4. The summed E-state index contributed by atoms with van der Waals surface area (Å²) in [6.45, 7) is 0.596. The van der Waals surface area contributed by atoms with E-state index in [0.29, 0.717) is 16.5 Å². The van der Waals surface area contributed by atoms with E-state index in [-0.39, 0.29) is 95.8 Å². The number of methoxy groups -OCH3 is 1. The van der Waals surface area contributed by atoms with Gasteiger partial charge in [0.1, 0.15) is 16.4 Å². The molecule has 0 unspecified atom stereocenters. The molecule has 3 N–H and O–H groups in total. The zero-order chi connectivity index (χ0) is 39.0. The molecular weight excluding hydrogens is 811 g/mol. The van der Waals surface area contributed by atoms with Crippen molar-refractivity contribution in [1.29, 1.82) is 0 Å². The number of Topliss-reactive ketones (excluding diaryl/α,β-unsaturated/α-hetero) is 1. The number of nitrogens with one attached hydrogen (secondary N) is 2. The van der Waals surface area contributed by atoms with Gasteiger partial charge in [-0.3, -0.25) is 19.0 Å². The second-order valence-corrected chi connectivity index (χ2v) is 16.3. The van der Waals surface area contributed by atoms with Crippen molar-refractivity contribution >= 4 is 87.1 Å². The van der Waals surface area contributed by atoms with Gasteiger partial charge >= 0.3 is 29.6 Å². The van der Waals surface area contributed by atoms with Crippen LogP contribution in [-0.4, -0.2) is 80.3 Å². The summed E-state index contributed by atoms with van der Waals surface area (Å²) in [6.07, 6.45) is 1.41. The Morgan fingerprint density at radius 1 is 0.891 bits per heavy atom. The molecule has 0 saturated carbocycles. The number of rotatable bonds is 12. The summed E-state index contributed by atoms with van der Waals surface area (Å²) < 4.78 is 102. The summed E-state index contributed by atoms with van der Waals surface area (Å²) in [5.41, 5.74) is 4.25. The van der Waals surface area contributed by atoms with Crippen molar-refractivity contribution in [2.75, 3.05) is 30.2 Å². The Bertz CT molecular complexity index is 2760. The van der Waals surface area contributed by atoms with Crippen LogP contribution >= 0.6 is 11.6 Å². The standard InChI is InChI=1S/C33H27ClN6O11S3.Na/c1-18-15-24(26(50-2)17-28(18)52(42,43)14-13-51-54(47,48)49)35-33-37-31(36-32(34)38-33)22-16-25(30(41)21-10-4-3-9-20(21)22)40-39-23-11-5-7-19-8-6-12-27(29(19)23)53(44,45)46;/h3-12,15-17,39H,13-14H2,1-2H3,(H,44,45,46)(H,47,48,49)(H,35,36,37,38);/q;+1/p-1/b40-25-;. The molecule has 17 nitrogen and oxygen atoms in total. The average molecular weight is 837 g/mol. The molecule has 280 valence electrons. The normalized spacial score (nSPS) is 13.9. The Balaban J connectivity index is 0.00000580. The van der Waals surface area contributed by atoms with Gasteiger partial charge in [-0.1, -0.05) is 48.5 Å². The summed E-state index contributed by atoms with van der Waals surface area (Å²) in [4.78, 5) is 26.0. The van der Waals surface area contributed by atoms with E-state index in [1.807, 2.05) is 0 Å². The number of sulfone groups is 1. The van der Waals surface area contributed by atoms with Crippen LogP contribution in [0.1, 0.15) is 27.3 Å². The third-order valence-electron chi connectivity index (χ3n) is 7.92. The monoisotopic (exact) mass is 836 g/mol. The summed E-state index contributed by atoms with van der Waals surface area (Å²) in [6, 6.07) is 18.4. The number of carbonyl (C=O) groups excluding carboxylic acids is 1. The number of ketones is 1. The van der Waals surface area contributed by atoms with Crippen molar-refractivity contribution in [2.45, 2.75) is 16.7 Å². The smallest absolute Gasteiger partial charge is 0.726 e. The number of fused-ring (bicyclic) bond motifs is 2. The molecule has 22 heteroatoms. The molecule has 1 aliphatic rings. The van der Waals surface area contributed by atoms with Crippen molar-refractivity contribution in [1.82, 2.24) is 15.0 Å². The quantitative estimate of drug-likeness (QED) is 0.0693. The molecule has 1 aromatic heterocycles. The fourth-order valence-corrected chi connectivity index (χ4v) is 8.26. The van der Waals surface area contributed by atoms with Crippen LogP contribution < -0.4 is 45.0 Å². The first-order valence-corrected chi connectivity index (χ1v) is 20.1. The minimum atomic E-state index is -5.09. The Morgan fingerprint density at radius 2 is 1.58 bits per heavy atom.